The van der Waals surface area contributed by atoms with Crippen LogP contribution in [0.3, 0.4) is 0 Å². The van der Waals surface area contributed by atoms with E-state index in [2.05, 4.69) is 17.5 Å². The van der Waals surface area contributed by atoms with Crippen LogP contribution in [0.4, 0.5) is 0 Å². The van der Waals surface area contributed by atoms with E-state index in [0.29, 0.717) is 19.4 Å². The van der Waals surface area contributed by atoms with Crippen molar-refractivity contribution in [2.24, 2.45) is 0 Å². The number of hydrogen-bond donors (Lipinski definition) is 1. The molecule has 3 aromatic rings. The van der Waals surface area contributed by atoms with Gasteiger partial charge >= 0.3 is 0 Å². The Morgan fingerprint density at radius 3 is 2.62 bits per heavy atom. The van der Waals surface area contributed by atoms with Crippen LogP contribution in [0.1, 0.15) is 12.0 Å². The van der Waals surface area contributed by atoms with E-state index in [9.17, 15) is 5.11 Å². The van der Waals surface area contributed by atoms with Gasteiger partial charge in [-0.2, -0.15) is 0 Å². The smallest absolute Gasteiger partial charge is 0.119 e. The largest absolute Gasteiger partial charge is 0.493 e. The van der Waals surface area contributed by atoms with Crippen molar-refractivity contribution in [3.63, 3.8) is 0 Å². The number of aliphatic hydroxyl groups is 1. The predicted octanol–water partition coefficient (Wildman–Crippen LogP) is 4.27. The number of fused-ring (bicyclic) bond motifs is 1. The first-order valence-electron chi connectivity index (χ1n) is 7.14. The van der Waals surface area contributed by atoms with E-state index in [-0.39, 0.29) is 6.10 Å². The molecule has 0 bridgehead atoms. The van der Waals surface area contributed by atoms with Gasteiger partial charge in [-0.15, -0.1) is 11.3 Å². The molecule has 2 aromatic carbocycles. The molecule has 1 heterocycles. The number of benzene rings is 2. The second-order valence-corrected chi connectivity index (χ2v) is 5.98. The topological polar surface area (TPSA) is 29.5 Å². The lowest BCUT2D eigenvalue weighted by molar-refractivity contribution is 0.140. The fourth-order valence-electron chi connectivity index (χ4n) is 2.38. The van der Waals surface area contributed by atoms with E-state index in [1.165, 1.54) is 15.6 Å². The molecule has 0 saturated heterocycles. The van der Waals surface area contributed by atoms with E-state index in [1.807, 2.05) is 42.5 Å². The van der Waals surface area contributed by atoms with Crippen molar-refractivity contribution in [3.05, 3.63) is 65.5 Å². The van der Waals surface area contributed by atoms with Crippen LogP contribution in [0.25, 0.3) is 10.1 Å². The Hall–Kier alpha value is -1.84. The van der Waals surface area contributed by atoms with Gasteiger partial charge in [-0.25, -0.2) is 0 Å². The molecule has 0 radical (unpaired) electrons. The summed E-state index contributed by atoms with van der Waals surface area (Å²) in [5.74, 6) is 0.852. The number of para-hydroxylation sites is 1. The minimum Gasteiger partial charge on any atom is -0.493 e. The van der Waals surface area contributed by atoms with Gasteiger partial charge in [0.2, 0.25) is 0 Å². The molecule has 0 aliphatic heterocycles. The van der Waals surface area contributed by atoms with E-state index in [4.69, 9.17) is 4.74 Å². The van der Waals surface area contributed by atoms with Crippen molar-refractivity contribution in [2.45, 2.75) is 18.9 Å². The summed E-state index contributed by atoms with van der Waals surface area (Å²) in [6, 6.07) is 18.0. The van der Waals surface area contributed by atoms with Gasteiger partial charge < -0.3 is 9.84 Å². The number of hydrogen-bond acceptors (Lipinski definition) is 3. The average Bonchev–Trinajstić information content (AvgIpc) is 2.92. The lowest BCUT2D eigenvalue weighted by Gasteiger charge is -2.11. The van der Waals surface area contributed by atoms with Gasteiger partial charge in [0.05, 0.1) is 12.7 Å². The highest BCUT2D eigenvalue weighted by molar-refractivity contribution is 7.17. The highest BCUT2D eigenvalue weighted by Gasteiger charge is 2.10. The van der Waals surface area contributed by atoms with Crippen LogP contribution in [-0.4, -0.2) is 17.8 Å². The van der Waals surface area contributed by atoms with Crippen molar-refractivity contribution in [3.8, 4) is 5.75 Å². The Balaban J connectivity index is 1.53. The molecule has 108 valence electrons. The number of thiophene rings is 1. The van der Waals surface area contributed by atoms with Crippen molar-refractivity contribution in [1.29, 1.82) is 0 Å². The summed E-state index contributed by atoms with van der Waals surface area (Å²) in [6.45, 7) is 0.535. The second kappa shape index (κ2) is 6.74. The molecule has 1 unspecified atom stereocenters. The Morgan fingerprint density at radius 2 is 1.76 bits per heavy atom. The summed E-state index contributed by atoms with van der Waals surface area (Å²) in [5, 5.41) is 13.6. The van der Waals surface area contributed by atoms with Gasteiger partial charge in [-0.1, -0.05) is 36.4 Å². The maximum absolute atomic E-state index is 10.2. The van der Waals surface area contributed by atoms with Crippen LogP contribution in [0.15, 0.2) is 60.0 Å². The minimum absolute atomic E-state index is 0.369. The summed E-state index contributed by atoms with van der Waals surface area (Å²) in [5.41, 5.74) is 1.22. The molecule has 0 spiro atoms. The van der Waals surface area contributed by atoms with Gasteiger partial charge in [0.25, 0.3) is 0 Å². The molecule has 3 rings (SSSR count). The Morgan fingerprint density at radius 1 is 1.00 bits per heavy atom. The first-order chi connectivity index (χ1) is 10.3. The predicted molar refractivity (Wildman–Crippen MR) is 88.1 cm³/mol. The molecule has 1 aromatic heterocycles. The van der Waals surface area contributed by atoms with Crippen LogP contribution >= 0.6 is 11.3 Å². The average molecular weight is 298 g/mol. The molecule has 0 aliphatic rings. The van der Waals surface area contributed by atoms with Crippen molar-refractivity contribution in [2.75, 3.05) is 6.61 Å². The Kier molecular flexibility index (Phi) is 4.53. The molecule has 0 fully saturated rings. The maximum Gasteiger partial charge on any atom is 0.119 e. The van der Waals surface area contributed by atoms with Crippen molar-refractivity contribution < 1.29 is 9.84 Å². The fourth-order valence-corrected chi connectivity index (χ4v) is 3.35. The standard InChI is InChI=1S/C18H18O2S/c19-15(10-11-20-16-6-2-1-3-7-16)12-14-13-21-18-9-5-4-8-17(14)18/h1-9,13,15,19H,10-12H2. The summed E-state index contributed by atoms with van der Waals surface area (Å²) in [7, 11) is 0. The number of aliphatic hydroxyl groups excluding tert-OH is 1. The Labute approximate surface area is 128 Å². The van der Waals surface area contributed by atoms with E-state index in [0.717, 1.165) is 5.75 Å². The van der Waals surface area contributed by atoms with Crippen LogP contribution in [-0.2, 0) is 6.42 Å². The summed E-state index contributed by atoms with van der Waals surface area (Å²) < 4.78 is 6.90. The molecule has 2 nitrogen and oxygen atoms in total. The zero-order chi connectivity index (χ0) is 14.5. The van der Waals surface area contributed by atoms with Crippen molar-refractivity contribution >= 4 is 21.4 Å². The zero-order valence-electron chi connectivity index (χ0n) is 11.7. The lowest BCUT2D eigenvalue weighted by atomic mass is 10.1. The van der Waals surface area contributed by atoms with Gasteiger partial charge in [0, 0.05) is 11.1 Å². The molecule has 0 amide bonds. The zero-order valence-corrected chi connectivity index (χ0v) is 12.6. The highest BCUT2D eigenvalue weighted by atomic mass is 32.1. The van der Waals surface area contributed by atoms with Crippen LogP contribution in [0, 0.1) is 0 Å². The lowest BCUT2D eigenvalue weighted by Crippen LogP contribution is -2.14. The molecular weight excluding hydrogens is 280 g/mol. The maximum atomic E-state index is 10.2. The third-order valence-electron chi connectivity index (χ3n) is 3.48. The molecule has 0 aliphatic carbocycles. The van der Waals surface area contributed by atoms with Gasteiger partial charge in [-0.05, 0) is 40.9 Å². The number of rotatable bonds is 6. The molecule has 1 N–H and O–H groups in total. The monoisotopic (exact) mass is 298 g/mol. The first-order valence-corrected chi connectivity index (χ1v) is 8.02. The third kappa shape index (κ3) is 3.63. The Bertz CT molecular complexity index is 691. The normalized spacial score (nSPS) is 12.4. The molecule has 1 atom stereocenters. The van der Waals surface area contributed by atoms with Crippen LogP contribution < -0.4 is 4.74 Å². The fraction of sp³-hybridized carbons (Fsp3) is 0.222. The SMILES string of the molecule is OC(CCOc1ccccc1)Cc1csc2ccccc12. The quantitative estimate of drug-likeness (QED) is 0.736. The number of ether oxygens (including phenoxy) is 1. The third-order valence-corrected chi connectivity index (χ3v) is 4.49. The van der Waals surface area contributed by atoms with Crippen molar-refractivity contribution in [1.82, 2.24) is 0 Å². The molecule has 0 saturated carbocycles. The molecular formula is C18H18O2S. The van der Waals surface area contributed by atoms with E-state index >= 15 is 0 Å². The highest BCUT2D eigenvalue weighted by Crippen LogP contribution is 2.26. The van der Waals surface area contributed by atoms with E-state index in [1.54, 1.807) is 11.3 Å². The molecule has 21 heavy (non-hydrogen) atoms. The molecule has 3 heteroatoms. The van der Waals surface area contributed by atoms with Gasteiger partial charge in [0.15, 0.2) is 0 Å². The second-order valence-electron chi connectivity index (χ2n) is 5.07. The summed E-state index contributed by atoms with van der Waals surface area (Å²) in [4.78, 5) is 0. The minimum atomic E-state index is -0.369. The van der Waals surface area contributed by atoms with Crippen LogP contribution in [0.2, 0.25) is 0 Å². The van der Waals surface area contributed by atoms with Gasteiger partial charge in [0.1, 0.15) is 5.75 Å². The van der Waals surface area contributed by atoms with Crippen LogP contribution in [0.5, 0.6) is 5.75 Å². The summed E-state index contributed by atoms with van der Waals surface area (Å²) in [6.07, 6.45) is 0.952. The summed E-state index contributed by atoms with van der Waals surface area (Å²) >= 11 is 1.73. The van der Waals surface area contributed by atoms with Gasteiger partial charge in [-0.3, -0.25) is 0 Å². The first kappa shape index (κ1) is 14.1. The van der Waals surface area contributed by atoms with E-state index < -0.39 is 0 Å².